The smallest absolute Gasteiger partial charge is 0.149 e. The Morgan fingerprint density at radius 2 is 1.76 bits per heavy atom. The molecule has 1 aliphatic carbocycles. The third-order valence-electron chi connectivity index (χ3n) is 4.56. The van der Waals surface area contributed by atoms with Crippen LogP contribution in [-0.4, -0.2) is 6.04 Å². The van der Waals surface area contributed by atoms with Crippen LogP contribution in [0.5, 0.6) is 0 Å². The topological polar surface area (TPSA) is 12.0 Å². The molecule has 0 radical (unpaired) electrons. The zero-order valence-electron chi connectivity index (χ0n) is 13.0. The van der Waals surface area contributed by atoms with Crippen LogP contribution >= 0.6 is 15.9 Å². The third-order valence-corrected chi connectivity index (χ3v) is 5.17. The maximum absolute atomic E-state index is 13.8. The van der Waals surface area contributed by atoms with Crippen LogP contribution in [0.1, 0.15) is 52.9 Å². The highest BCUT2D eigenvalue weighted by Crippen LogP contribution is 2.37. The SMILES string of the molecule is CC(C)(C)C1CCCC(Nc2cc(Br)c(F)cc2F)CC1. The number of nitrogens with one attached hydrogen (secondary N) is 1. The zero-order valence-corrected chi connectivity index (χ0v) is 14.6. The summed E-state index contributed by atoms with van der Waals surface area (Å²) in [5, 5.41) is 3.26. The summed E-state index contributed by atoms with van der Waals surface area (Å²) in [5.74, 6) is -0.367. The first-order chi connectivity index (χ1) is 9.77. The molecule has 2 atom stereocenters. The summed E-state index contributed by atoms with van der Waals surface area (Å²) < 4.78 is 27.4. The Kier molecular flexibility index (Phi) is 5.29. The van der Waals surface area contributed by atoms with Crippen LogP contribution in [-0.2, 0) is 0 Å². The zero-order chi connectivity index (χ0) is 15.6. The Hall–Kier alpha value is -0.640. The fourth-order valence-corrected chi connectivity index (χ4v) is 3.51. The van der Waals surface area contributed by atoms with Crippen molar-refractivity contribution >= 4 is 21.6 Å². The van der Waals surface area contributed by atoms with E-state index in [2.05, 4.69) is 42.0 Å². The summed E-state index contributed by atoms with van der Waals surface area (Å²) in [6.07, 6.45) is 5.63. The summed E-state index contributed by atoms with van der Waals surface area (Å²) in [4.78, 5) is 0. The molecule has 0 bridgehead atoms. The van der Waals surface area contributed by atoms with Crippen LogP contribution in [0.4, 0.5) is 14.5 Å². The number of hydrogen-bond acceptors (Lipinski definition) is 1. The highest BCUT2D eigenvalue weighted by molar-refractivity contribution is 9.10. The molecule has 1 nitrogen and oxygen atoms in total. The van der Waals surface area contributed by atoms with Gasteiger partial charge in [0.05, 0.1) is 10.2 Å². The molecule has 0 heterocycles. The minimum Gasteiger partial charge on any atom is -0.380 e. The number of hydrogen-bond donors (Lipinski definition) is 1. The predicted molar refractivity (Wildman–Crippen MR) is 87.5 cm³/mol. The fourth-order valence-electron chi connectivity index (χ4n) is 3.17. The van der Waals surface area contributed by atoms with E-state index in [0.717, 1.165) is 31.7 Å². The van der Waals surface area contributed by atoms with Crippen LogP contribution < -0.4 is 5.32 Å². The van der Waals surface area contributed by atoms with Gasteiger partial charge in [0.2, 0.25) is 0 Å². The van der Waals surface area contributed by atoms with Gasteiger partial charge >= 0.3 is 0 Å². The molecule has 0 amide bonds. The van der Waals surface area contributed by atoms with E-state index < -0.39 is 11.6 Å². The first-order valence-corrected chi connectivity index (χ1v) is 8.47. The van der Waals surface area contributed by atoms with Crippen LogP contribution in [0, 0.1) is 23.0 Å². The van der Waals surface area contributed by atoms with Gasteiger partial charge in [-0.25, -0.2) is 8.78 Å². The van der Waals surface area contributed by atoms with Crippen molar-refractivity contribution in [2.45, 2.75) is 58.9 Å². The number of rotatable bonds is 2. The van der Waals surface area contributed by atoms with Crippen molar-refractivity contribution in [1.29, 1.82) is 0 Å². The van der Waals surface area contributed by atoms with Crippen molar-refractivity contribution in [2.24, 2.45) is 11.3 Å². The third kappa shape index (κ3) is 4.41. The monoisotopic (exact) mass is 359 g/mol. The second kappa shape index (κ2) is 6.64. The van der Waals surface area contributed by atoms with Crippen molar-refractivity contribution in [1.82, 2.24) is 0 Å². The van der Waals surface area contributed by atoms with Crippen molar-refractivity contribution in [3.63, 3.8) is 0 Å². The molecule has 2 unspecified atom stereocenters. The summed E-state index contributed by atoms with van der Waals surface area (Å²) in [6, 6.07) is 2.70. The van der Waals surface area contributed by atoms with E-state index in [-0.39, 0.29) is 6.04 Å². The maximum Gasteiger partial charge on any atom is 0.149 e. The predicted octanol–water partition coefficient (Wildman–Crippen LogP) is 6.13. The van der Waals surface area contributed by atoms with Gasteiger partial charge in [0, 0.05) is 12.1 Å². The van der Waals surface area contributed by atoms with Crippen molar-refractivity contribution < 1.29 is 8.78 Å². The molecule has 4 heteroatoms. The van der Waals surface area contributed by atoms with Crippen LogP contribution in [0.2, 0.25) is 0 Å². The Balaban J connectivity index is 2.03. The van der Waals surface area contributed by atoms with Crippen molar-refractivity contribution in [2.75, 3.05) is 5.32 Å². The van der Waals surface area contributed by atoms with Gasteiger partial charge in [0.1, 0.15) is 11.6 Å². The average Bonchev–Trinajstić information content (AvgIpc) is 2.61. The molecule has 118 valence electrons. The van der Waals surface area contributed by atoms with Gasteiger partial charge < -0.3 is 5.32 Å². The molecule has 0 spiro atoms. The lowest BCUT2D eigenvalue weighted by atomic mass is 9.76. The maximum atomic E-state index is 13.8. The Bertz CT molecular complexity index is 496. The quantitative estimate of drug-likeness (QED) is 0.494. The van der Waals surface area contributed by atoms with Crippen molar-refractivity contribution in [3.05, 3.63) is 28.2 Å². The second-order valence-corrected chi connectivity index (χ2v) is 8.01. The lowest BCUT2D eigenvalue weighted by Crippen LogP contribution is -2.22. The highest BCUT2D eigenvalue weighted by Gasteiger charge is 2.28. The van der Waals surface area contributed by atoms with Gasteiger partial charge in [-0.05, 0) is 59.0 Å². The summed E-state index contributed by atoms with van der Waals surface area (Å²) in [7, 11) is 0. The van der Waals surface area contributed by atoms with E-state index >= 15 is 0 Å². The largest absolute Gasteiger partial charge is 0.380 e. The number of anilines is 1. The van der Waals surface area contributed by atoms with Gasteiger partial charge in [-0.15, -0.1) is 0 Å². The molecule has 1 saturated carbocycles. The molecule has 0 aromatic heterocycles. The van der Waals surface area contributed by atoms with E-state index in [1.54, 1.807) is 0 Å². The molecule has 21 heavy (non-hydrogen) atoms. The highest BCUT2D eigenvalue weighted by atomic mass is 79.9. The standard InChI is InChI=1S/C17H24BrF2N/c1-17(2,3)11-5-4-6-12(8-7-11)21-16-9-13(18)14(19)10-15(16)20/h9-12,21H,4-8H2,1-3H3. The van der Waals surface area contributed by atoms with E-state index in [0.29, 0.717) is 21.5 Å². The van der Waals surface area contributed by atoms with Crippen molar-refractivity contribution in [3.8, 4) is 0 Å². The molecule has 0 saturated heterocycles. The van der Waals surface area contributed by atoms with E-state index in [1.807, 2.05) is 0 Å². The first kappa shape index (κ1) is 16.7. The Morgan fingerprint density at radius 1 is 1.05 bits per heavy atom. The number of halogens is 3. The second-order valence-electron chi connectivity index (χ2n) is 7.16. The van der Waals surface area contributed by atoms with E-state index in [4.69, 9.17) is 0 Å². The molecule has 1 aromatic carbocycles. The van der Waals surface area contributed by atoms with Crippen LogP contribution in [0.15, 0.2) is 16.6 Å². The molecule has 1 aliphatic rings. The molecular formula is C17H24BrF2N. The van der Waals surface area contributed by atoms with Gasteiger partial charge in [0.15, 0.2) is 0 Å². The summed E-state index contributed by atoms with van der Waals surface area (Å²) in [6.45, 7) is 6.88. The van der Waals surface area contributed by atoms with Gasteiger partial charge in [-0.2, -0.15) is 0 Å². The van der Waals surface area contributed by atoms with E-state index in [1.165, 1.54) is 12.5 Å². The minimum atomic E-state index is -0.563. The molecule has 1 N–H and O–H groups in total. The molecule has 2 rings (SSSR count). The molecule has 1 aromatic rings. The average molecular weight is 360 g/mol. The van der Waals surface area contributed by atoms with Crippen LogP contribution in [0.25, 0.3) is 0 Å². The number of benzene rings is 1. The lowest BCUT2D eigenvalue weighted by molar-refractivity contribution is 0.214. The summed E-state index contributed by atoms with van der Waals surface area (Å²) in [5.41, 5.74) is 0.724. The lowest BCUT2D eigenvalue weighted by Gasteiger charge is -2.29. The van der Waals surface area contributed by atoms with Gasteiger partial charge in [-0.3, -0.25) is 0 Å². The Morgan fingerprint density at radius 3 is 2.43 bits per heavy atom. The normalized spacial score (nSPS) is 23.7. The molecule has 0 aliphatic heterocycles. The van der Waals surface area contributed by atoms with Gasteiger partial charge in [0.25, 0.3) is 0 Å². The summed E-state index contributed by atoms with van der Waals surface area (Å²) >= 11 is 3.11. The first-order valence-electron chi connectivity index (χ1n) is 7.68. The van der Waals surface area contributed by atoms with Gasteiger partial charge in [-0.1, -0.05) is 27.2 Å². The molecule has 1 fully saturated rings. The fraction of sp³-hybridized carbons (Fsp3) is 0.647. The van der Waals surface area contributed by atoms with Crippen LogP contribution in [0.3, 0.4) is 0 Å². The Labute approximate surface area is 134 Å². The van der Waals surface area contributed by atoms with E-state index in [9.17, 15) is 8.78 Å². The molecular weight excluding hydrogens is 336 g/mol. The minimum absolute atomic E-state index is 0.268.